The minimum absolute atomic E-state index is 0.156. The summed E-state index contributed by atoms with van der Waals surface area (Å²) in [7, 11) is 0. The second-order valence-electron chi connectivity index (χ2n) is 4.13. The minimum atomic E-state index is -0.334. The second kappa shape index (κ2) is 5.67. The Kier molecular flexibility index (Phi) is 4.78. The lowest BCUT2D eigenvalue weighted by Crippen LogP contribution is -2.40. The Morgan fingerprint density at radius 2 is 2.12 bits per heavy atom. The summed E-state index contributed by atoms with van der Waals surface area (Å²) in [6, 6.07) is 7.50. The third kappa shape index (κ3) is 2.97. The zero-order valence-electron chi connectivity index (χ0n) is 10.2. The summed E-state index contributed by atoms with van der Waals surface area (Å²) in [5.74, 6) is 0. The SMILES string of the molecule is CCOC(C)(CC)C(N)c1cccc(Cl)c1. The molecule has 90 valence electrons. The zero-order chi connectivity index (χ0) is 12.2. The van der Waals surface area contributed by atoms with Gasteiger partial charge in [0.05, 0.1) is 11.6 Å². The molecule has 2 unspecified atom stereocenters. The van der Waals surface area contributed by atoms with Gasteiger partial charge in [-0.05, 0) is 38.0 Å². The first-order valence-corrected chi connectivity index (χ1v) is 6.06. The molecular formula is C13H20ClNO. The summed E-state index contributed by atoms with van der Waals surface area (Å²) in [6.07, 6.45) is 0.870. The molecule has 1 rings (SSSR count). The van der Waals surface area contributed by atoms with E-state index in [1.807, 2.05) is 38.1 Å². The number of hydrogen-bond donors (Lipinski definition) is 1. The predicted molar refractivity (Wildman–Crippen MR) is 68.7 cm³/mol. The molecule has 0 aliphatic rings. The number of hydrogen-bond acceptors (Lipinski definition) is 2. The largest absolute Gasteiger partial charge is 0.374 e. The molecule has 1 aromatic rings. The Bertz CT molecular complexity index is 342. The Balaban J connectivity index is 2.94. The molecule has 0 spiro atoms. The summed E-state index contributed by atoms with van der Waals surface area (Å²) in [5.41, 5.74) is 6.94. The first kappa shape index (κ1) is 13.5. The molecule has 2 N–H and O–H groups in total. The van der Waals surface area contributed by atoms with Gasteiger partial charge in [-0.15, -0.1) is 0 Å². The van der Waals surface area contributed by atoms with Crippen molar-refractivity contribution in [3.05, 3.63) is 34.9 Å². The fraction of sp³-hybridized carbons (Fsp3) is 0.538. The number of rotatable bonds is 5. The van der Waals surface area contributed by atoms with Gasteiger partial charge >= 0.3 is 0 Å². The van der Waals surface area contributed by atoms with Crippen LogP contribution in [0.2, 0.25) is 5.02 Å². The standard InChI is InChI=1S/C13H20ClNO/c1-4-13(3,16-5-2)12(15)10-7-6-8-11(14)9-10/h6-9,12H,4-5,15H2,1-3H3. The highest BCUT2D eigenvalue weighted by Gasteiger charge is 2.31. The molecule has 0 aliphatic carbocycles. The Hall–Kier alpha value is -0.570. The molecule has 0 heterocycles. The van der Waals surface area contributed by atoms with E-state index in [4.69, 9.17) is 22.1 Å². The number of halogens is 1. The van der Waals surface area contributed by atoms with Gasteiger partial charge in [-0.1, -0.05) is 30.7 Å². The first-order valence-electron chi connectivity index (χ1n) is 5.68. The van der Waals surface area contributed by atoms with Crippen molar-refractivity contribution in [2.75, 3.05) is 6.61 Å². The lowest BCUT2D eigenvalue weighted by molar-refractivity contribution is -0.0472. The normalized spacial score (nSPS) is 16.8. The summed E-state index contributed by atoms with van der Waals surface area (Å²) in [5, 5.41) is 0.711. The Morgan fingerprint density at radius 1 is 1.44 bits per heavy atom. The van der Waals surface area contributed by atoms with Gasteiger partial charge in [-0.25, -0.2) is 0 Å². The van der Waals surface area contributed by atoms with Crippen molar-refractivity contribution in [1.82, 2.24) is 0 Å². The number of benzene rings is 1. The summed E-state index contributed by atoms with van der Waals surface area (Å²) in [6.45, 7) is 6.78. The van der Waals surface area contributed by atoms with Crippen LogP contribution in [-0.4, -0.2) is 12.2 Å². The lowest BCUT2D eigenvalue weighted by atomic mass is 9.88. The van der Waals surface area contributed by atoms with Crippen LogP contribution >= 0.6 is 11.6 Å². The third-order valence-electron chi connectivity index (χ3n) is 3.04. The van der Waals surface area contributed by atoms with Crippen molar-refractivity contribution in [3.63, 3.8) is 0 Å². The highest BCUT2D eigenvalue weighted by molar-refractivity contribution is 6.30. The van der Waals surface area contributed by atoms with Crippen molar-refractivity contribution >= 4 is 11.6 Å². The van der Waals surface area contributed by atoms with Gasteiger partial charge in [0.25, 0.3) is 0 Å². The van der Waals surface area contributed by atoms with Crippen LogP contribution in [-0.2, 0) is 4.74 Å². The fourth-order valence-electron chi connectivity index (χ4n) is 1.79. The highest BCUT2D eigenvalue weighted by atomic mass is 35.5. The molecule has 0 aromatic heterocycles. The lowest BCUT2D eigenvalue weighted by Gasteiger charge is -2.34. The number of ether oxygens (including phenoxy) is 1. The third-order valence-corrected chi connectivity index (χ3v) is 3.28. The van der Waals surface area contributed by atoms with E-state index in [0.717, 1.165) is 12.0 Å². The van der Waals surface area contributed by atoms with E-state index in [9.17, 15) is 0 Å². The van der Waals surface area contributed by atoms with Crippen molar-refractivity contribution in [1.29, 1.82) is 0 Å². The van der Waals surface area contributed by atoms with Crippen molar-refractivity contribution < 1.29 is 4.74 Å². The maximum Gasteiger partial charge on any atom is 0.0843 e. The Labute approximate surface area is 103 Å². The van der Waals surface area contributed by atoms with Crippen molar-refractivity contribution in [2.45, 2.75) is 38.8 Å². The van der Waals surface area contributed by atoms with Crippen LogP contribution in [0.3, 0.4) is 0 Å². The molecule has 16 heavy (non-hydrogen) atoms. The average Bonchev–Trinajstić information content (AvgIpc) is 2.28. The van der Waals surface area contributed by atoms with Crippen LogP contribution in [0.5, 0.6) is 0 Å². The van der Waals surface area contributed by atoms with E-state index in [2.05, 4.69) is 6.92 Å². The van der Waals surface area contributed by atoms with Crippen LogP contribution < -0.4 is 5.73 Å². The molecule has 3 heteroatoms. The molecule has 0 amide bonds. The number of nitrogens with two attached hydrogens (primary N) is 1. The molecule has 0 saturated heterocycles. The maximum absolute atomic E-state index is 6.26. The van der Waals surface area contributed by atoms with Crippen LogP contribution in [0.1, 0.15) is 38.8 Å². The highest BCUT2D eigenvalue weighted by Crippen LogP contribution is 2.31. The van der Waals surface area contributed by atoms with Crippen molar-refractivity contribution in [2.24, 2.45) is 5.73 Å². The monoisotopic (exact) mass is 241 g/mol. The Morgan fingerprint density at radius 3 is 2.62 bits per heavy atom. The van der Waals surface area contributed by atoms with E-state index in [0.29, 0.717) is 11.6 Å². The predicted octanol–water partition coefficient (Wildman–Crippen LogP) is 3.55. The van der Waals surface area contributed by atoms with Gasteiger partial charge in [0, 0.05) is 11.6 Å². The van der Waals surface area contributed by atoms with E-state index < -0.39 is 0 Å². The van der Waals surface area contributed by atoms with E-state index in [1.165, 1.54) is 0 Å². The van der Waals surface area contributed by atoms with Gasteiger partial charge in [0.1, 0.15) is 0 Å². The molecule has 0 radical (unpaired) electrons. The van der Waals surface area contributed by atoms with E-state index >= 15 is 0 Å². The maximum atomic E-state index is 6.26. The molecule has 0 aliphatic heterocycles. The van der Waals surface area contributed by atoms with E-state index in [1.54, 1.807) is 0 Å². The van der Waals surface area contributed by atoms with Gasteiger partial charge in [0.15, 0.2) is 0 Å². The molecule has 0 fully saturated rings. The topological polar surface area (TPSA) is 35.2 Å². The summed E-state index contributed by atoms with van der Waals surface area (Å²) < 4.78 is 5.77. The first-order chi connectivity index (χ1) is 7.53. The average molecular weight is 242 g/mol. The van der Waals surface area contributed by atoms with Crippen LogP contribution in [0.25, 0.3) is 0 Å². The van der Waals surface area contributed by atoms with Crippen LogP contribution in [0.4, 0.5) is 0 Å². The quantitative estimate of drug-likeness (QED) is 0.856. The minimum Gasteiger partial charge on any atom is -0.374 e. The van der Waals surface area contributed by atoms with Crippen molar-refractivity contribution in [3.8, 4) is 0 Å². The second-order valence-corrected chi connectivity index (χ2v) is 4.57. The summed E-state index contributed by atoms with van der Waals surface area (Å²) >= 11 is 5.96. The molecule has 2 atom stereocenters. The molecule has 0 bridgehead atoms. The zero-order valence-corrected chi connectivity index (χ0v) is 10.9. The van der Waals surface area contributed by atoms with E-state index in [-0.39, 0.29) is 11.6 Å². The smallest absolute Gasteiger partial charge is 0.0843 e. The van der Waals surface area contributed by atoms with Gasteiger partial charge in [-0.2, -0.15) is 0 Å². The molecule has 1 aromatic carbocycles. The van der Waals surface area contributed by atoms with Crippen LogP contribution in [0.15, 0.2) is 24.3 Å². The van der Waals surface area contributed by atoms with Gasteiger partial charge < -0.3 is 10.5 Å². The van der Waals surface area contributed by atoms with Gasteiger partial charge in [-0.3, -0.25) is 0 Å². The molecular weight excluding hydrogens is 222 g/mol. The van der Waals surface area contributed by atoms with Gasteiger partial charge in [0.2, 0.25) is 0 Å². The fourth-order valence-corrected chi connectivity index (χ4v) is 1.99. The summed E-state index contributed by atoms with van der Waals surface area (Å²) in [4.78, 5) is 0. The van der Waals surface area contributed by atoms with Crippen LogP contribution in [0, 0.1) is 0 Å². The molecule has 2 nitrogen and oxygen atoms in total. The molecule has 0 saturated carbocycles.